The molecule has 2 unspecified atom stereocenters. The van der Waals surface area contributed by atoms with Crippen LogP contribution in [-0.4, -0.2) is 79.6 Å². The highest BCUT2D eigenvalue weighted by Crippen LogP contribution is 2.55. The van der Waals surface area contributed by atoms with E-state index in [1.54, 1.807) is 16.3 Å². The Morgan fingerprint density at radius 3 is 2.90 bits per heavy atom. The molecule has 0 amide bonds. The van der Waals surface area contributed by atoms with Crippen LogP contribution in [0.4, 0.5) is 16.2 Å². The van der Waals surface area contributed by atoms with Gasteiger partial charge >= 0.3 is 6.72 Å². The average molecular weight is 626 g/mol. The largest absolute Gasteiger partial charge is 0.382 e. The molecule has 16 nitrogen and oxygen atoms in total. The lowest BCUT2D eigenvalue weighted by atomic mass is 9.92. The van der Waals surface area contributed by atoms with Gasteiger partial charge in [0.2, 0.25) is 5.95 Å². The van der Waals surface area contributed by atoms with Crippen molar-refractivity contribution in [2.75, 3.05) is 18.1 Å². The van der Waals surface area contributed by atoms with Crippen LogP contribution < -0.4 is 17.0 Å². The number of nitrogen functional groups attached to an aromatic ring is 2. The molecule has 3 aliphatic heterocycles. The van der Waals surface area contributed by atoms with Gasteiger partial charge < -0.3 is 30.1 Å². The fourth-order valence-electron chi connectivity index (χ4n) is 5.75. The summed E-state index contributed by atoms with van der Waals surface area (Å²) in [5.74, 6) is -0.478. The maximum atomic E-state index is 16.0. The van der Waals surface area contributed by atoms with E-state index in [4.69, 9.17) is 37.1 Å². The number of anilines is 2. The topological polar surface area (TPSA) is 220 Å². The van der Waals surface area contributed by atoms with E-state index < -0.39 is 48.2 Å². The zero-order valence-corrected chi connectivity index (χ0v) is 23.7. The zero-order chi connectivity index (χ0) is 28.5. The van der Waals surface area contributed by atoms with E-state index in [0.717, 1.165) is 6.42 Å². The summed E-state index contributed by atoms with van der Waals surface area (Å²) in [6.07, 6.45) is 1.37. The minimum absolute atomic E-state index is 0.0387. The number of aromatic nitrogens is 9. The lowest BCUT2D eigenvalue weighted by molar-refractivity contribution is -0.0446. The summed E-state index contributed by atoms with van der Waals surface area (Å²) in [7, 11) is 0. The standard InChI is InChI=1S/C21H25FN11O5PS2/c22-12-9-3-1-2-8-4-10(20(41-8)32-7-27-14-17(32)28-21(24)29-18(14)34)38-39(35,40)36-5-11(9)37-19(12)33-16-13(30-31-33)15(23)25-6-26-16/h6-12,19-20H,1-5H2,(H,35,40)(H2,23,25,26)(H3,24,28,29,34)/t8?,9-,10-,11-,12+,19-,20-,39?/m1/s1. The third kappa shape index (κ3) is 4.78. The van der Waals surface area contributed by atoms with E-state index in [0.29, 0.717) is 24.9 Å². The summed E-state index contributed by atoms with van der Waals surface area (Å²) in [5, 5.41) is 7.70. The molecule has 3 aliphatic rings. The summed E-state index contributed by atoms with van der Waals surface area (Å²) in [6, 6.07) is 0. The fourth-order valence-corrected chi connectivity index (χ4v) is 8.91. The smallest absolute Gasteiger partial charge is 0.324 e. The first-order valence-electron chi connectivity index (χ1n) is 12.8. The number of aromatic amines is 1. The van der Waals surface area contributed by atoms with E-state index in [-0.39, 0.29) is 40.3 Å². The van der Waals surface area contributed by atoms with Crippen LogP contribution in [0.2, 0.25) is 0 Å². The lowest BCUT2D eigenvalue weighted by Gasteiger charge is -2.27. The molecule has 20 heteroatoms. The van der Waals surface area contributed by atoms with Gasteiger partial charge in [0.15, 0.2) is 40.5 Å². The zero-order valence-electron chi connectivity index (χ0n) is 21.2. The highest BCUT2D eigenvalue weighted by atomic mass is 32.5. The Morgan fingerprint density at radius 2 is 2.05 bits per heavy atom. The minimum Gasteiger partial charge on any atom is -0.382 e. The van der Waals surface area contributed by atoms with Crippen LogP contribution in [0.25, 0.3) is 22.3 Å². The maximum Gasteiger partial charge on any atom is 0.324 e. The molecule has 3 saturated heterocycles. The minimum atomic E-state index is -3.80. The van der Waals surface area contributed by atoms with Gasteiger partial charge in [-0.1, -0.05) is 11.6 Å². The summed E-state index contributed by atoms with van der Waals surface area (Å²) in [5.41, 5.74) is 12.1. The van der Waals surface area contributed by atoms with Gasteiger partial charge in [0.25, 0.3) is 5.56 Å². The molecule has 4 aromatic rings. The molecule has 0 aromatic carbocycles. The first-order chi connectivity index (χ1) is 19.7. The summed E-state index contributed by atoms with van der Waals surface area (Å²) in [4.78, 5) is 42.3. The number of ether oxygens (including phenoxy) is 1. The number of H-pyrrole nitrogens is 1. The average Bonchev–Trinajstić information content (AvgIpc) is 3.68. The van der Waals surface area contributed by atoms with Crippen LogP contribution in [-0.2, 0) is 25.6 Å². The van der Waals surface area contributed by atoms with Crippen LogP contribution in [0, 0.1) is 5.92 Å². The van der Waals surface area contributed by atoms with Crippen molar-refractivity contribution < 1.29 is 23.1 Å². The van der Waals surface area contributed by atoms with Crippen molar-refractivity contribution in [2.24, 2.45) is 5.92 Å². The molecule has 7 heterocycles. The van der Waals surface area contributed by atoms with Gasteiger partial charge in [-0.15, -0.1) is 16.9 Å². The van der Waals surface area contributed by atoms with Gasteiger partial charge in [-0.2, -0.15) is 9.67 Å². The van der Waals surface area contributed by atoms with E-state index in [1.165, 1.54) is 17.3 Å². The van der Waals surface area contributed by atoms with Gasteiger partial charge in [0.05, 0.1) is 25.1 Å². The molecule has 0 radical (unpaired) electrons. The SMILES string of the molecule is Nc1nc2c(ncn2[C@@H]2SC3CCC[C@H]4[C@H](F)[C@H](n5nnc6c(N)ncnc65)O[C@@H]4COP(O)(=S)O[C@@H]2C3)c(=O)[nH]1. The number of nitrogens with zero attached hydrogens (tertiary/aromatic N) is 8. The van der Waals surface area contributed by atoms with Crippen molar-refractivity contribution in [2.45, 2.75) is 60.9 Å². The van der Waals surface area contributed by atoms with Gasteiger partial charge in [-0.3, -0.25) is 14.3 Å². The van der Waals surface area contributed by atoms with E-state index in [1.807, 2.05) is 0 Å². The van der Waals surface area contributed by atoms with Gasteiger partial charge in [0.1, 0.15) is 11.7 Å². The Hall–Kier alpha value is -2.80. The van der Waals surface area contributed by atoms with Crippen molar-refractivity contribution >= 4 is 64.4 Å². The molecule has 3 fully saturated rings. The second-order valence-electron chi connectivity index (χ2n) is 10.1. The Kier molecular flexibility index (Phi) is 6.72. The van der Waals surface area contributed by atoms with Crippen molar-refractivity contribution in [1.82, 2.24) is 44.5 Å². The molecule has 4 aromatic heterocycles. The number of hydrogen-bond acceptors (Lipinski definition) is 14. The number of fused-ring (bicyclic) bond motifs is 5. The second-order valence-corrected chi connectivity index (χ2v) is 14.3. The van der Waals surface area contributed by atoms with E-state index in [9.17, 15) is 9.69 Å². The molecular formula is C21H25FN11O5PS2. The number of nitrogens with two attached hydrogens (primary N) is 2. The van der Waals surface area contributed by atoms with Gasteiger partial charge in [0, 0.05) is 11.2 Å². The summed E-state index contributed by atoms with van der Waals surface area (Å²) in [6.45, 7) is -3.98. The first-order valence-corrected chi connectivity index (χ1v) is 16.4. The number of halogens is 1. The van der Waals surface area contributed by atoms with Gasteiger partial charge in [-0.05, 0) is 31.1 Å². The van der Waals surface area contributed by atoms with Crippen LogP contribution in [0.15, 0.2) is 17.4 Å². The molecule has 8 atom stereocenters. The molecular weight excluding hydrogens is 600 g/mol. The van der Waals surface area contributed by atoms with Crippen molar-refractivity contribution in [1.29, 1.82) is 0 Å². The van der Waals surface area contributed by atoms with Crippen molar-refractivity contribution in [3.63, 3.8) is 0 Å². The predicted octanol–water partition coefficient (Wildman–Crippen LogP) is 1.18. The molecule has 0 aliphatic carbocycles. The van der Waals surface area contributed by atoms with E-state index >= 15 is 4.39 Å². The van der Waals surface area contributed by atoms with Crippen LogP contribution in [0.5, 0.6) is 0 Å². The first kappa shape index (κ1) is 27.1. The lowest BCUT2D eigenvalue weighted by Crippen LogP contribution is -2.27. The number of thioether (sulfide) groups is 1. The number of rotatable bonds is 2. The second kappa shape index (κ2) is 10.2. The Bertz CT molecular complexity index is 1740. The van der Waals surface area contributed by atoms with Crippen LogP contribution in [0.3, 0.4) is 0 Å². The number of imidazole rings is 1. The Balaban J connectivity index is 1.15. The molecule has 0 saturated carbocycles. The Morgan fingerprint density at radius 1 is 1.20 bits per heavy atom. The maximum absolute atomic E-state index is 16.0. The van der Waals surface area contributed by atoms with Crippen molar-refractivity contribution in [3.05, 3.63) is 23.0 Å². The quantitative estimate of drug-likeness (QED) is 0.230. The summed E-state index contributed by atoms with van der Waals surface area (Å²) < 4.78 is 36.8. The number of nitrogens with one attached hydrogen (secondary N) is 1. The predicted molar refractivity (Wildman–Crippen MR) is 149 cm³/mol. The third-order valence-corrected chi connectivity index (χ3v) is 10.8. The van der Waals surface area contributed by atoms with Crippen LogP contribution in [0.1, 0.15) is 37.3 Å². The third-order valence-electron chi connectivity index (χ3n) is 7.61. The molecule has 0 spiro atoms. The van der Waals surface area contributed by atoms with Crippen LogP contribution >= 0.6 is 18.5 Å². The fraction of sp³-hybridized carbons (Fsp3) is 0.571. The Labute approximate surface area is 239 Å². The molecule has 218 valence electrons. The highest BCUT2D eigenvalue weighted by Gasteiger charge is 2.49. The summed E-state index contributed by atoms with van der Waals surface area (Å²) >= 11 is 6.96. The molecule has 41 heavy (non-hydrogen) atoms. The van der Waals surface area contributed by atoms with Crippen molar-refractivity contribution in [3.8, 4) is 0 Å². The molecule has 2 bridgehead atoms. The molecule has 7 rings (SSSR count). The number of hydrogen-bond donors (Lipinski definition) is 4. The van der Waals surface area contributed by atoms with E-state index in [2.05, 4.69) is 35.2 Å². The number of alkyl halides is 1. The monoisotopic (exact) mass is 625 g/mol. The molecule has 6 N–H and O–H groups in total. The van der Waals surface area contributed by atoms with Gasteiger partial charge in [-0.25, -0.2) is 19.3 Å². The normalized spacial score (nSPS) is 34.4. The highest BCUT2D eigenvalue weighted by molar-refractivity contribution is 8.07.